The summed E-state index contributed by atoms with van der Waals surface area (Å²) in [7, 11) is 0. The van der Waals surface area contributed by atoms with Crippen LogP contribution in [0.1, 0.15) is 5.56 Å². The summed E-state index contributed by atoms with van der Waals surface area (Å²) in [6, 6.07) is 15.8. The first-order chi connectivity index (χ1) is 12.1. The second-order valence-corrected chi connectivity index (χ2v) is 5.62. The molecule has 3 aromatic rings. The van der Waals surface area contributed by atoms with Crippen molar-refractivity contribution >= 4 is 34.6 Å². The molecule has 0 unspecified atom stereocenters. The zero-order valence-electron chi connectivity index (χ0n) is 13.0. The van der Waals surface area contributed by atoms with Gasteiger partial charge in [-0.05, 0) is 35.7 Å². The lowest BCUT2D eigenvalue weighted by atomic mass is 10.2. The molecule has 0 radical (unpaired) electrons. The Bertz CT molecular complexity index is 998. The quantitative estimate of drug-likeness (QED) is 0.545. The molecule has 0 aliphatic rings. The molecule has 1 aromatic heterocycles. The number of amides is 1. The van der Waals surface area contributed by atoms with Crippen molar-refractivity contribution in [1.82, 2.24) is 10.4 Å². The number of aromatic amines is 1. The number of rotatable bonds is 5. The summed E-state index contributed by atoms with van der Waals surface area (Å²) >= 11 is 5.83. The highest BCUT2D eigenvalue weighted by Crippen LogP contribution is 2.16. The predicted molar refractivity (Wildman–Crippen MR) is 97.3 cm³/mol. The van der Waals surface area contributed by atoms with E-state index in [0.717, 1.165) is 10.9 Å². The largest absolute Gasteiger partial charge is 0.484 e. The van der Waals surface area contributed by atoms with Crippen LogP contribution in [0.5, 0.6) is 5.75 Å². The number of nitrogens with zero attached hydrogens (tertiary/aromatic N) is 1. The maximum Gasteiger partial charge on any atom is 0.277 e. The van der Waals surface area contributed by atoms with Crippen molar-refractivity contribution < 1.29 is 9.53 Å². The van der Waals surface area contributed by atoms with E-state index in [9.17, 15) is 9.59 Å². The van der Waals surface area contributed by atoms with Gasteiger partial charge in [0.15, 0.2) is 6.61 Å². The Morgan fingerprint density at radius 1 is 1.20 bits per heavy atom. The van der Waals surface area contributed by atoms with Gasteiger partial charge < -0.3 is 9.72 Å². The topological polar surface area (TPSA) is 83.5 Å². The number of H-pyrrole nitrogens is 1. The van der Waals surface area contributed by atoms with Crippen LogP contribution in [0.15, 0.2) is 64.5 Å². The van der Waals surface area contributed by atoms with E-state index >= 15 is 0 Å². The summed E-state index contributed by atoms with van der Waals surface area (Å²) in [6.07, 6.45) is 1.29. The van der Waals surface area contributed by atoms with Crippen LogP contribution in [0, 0.1) is 0 Å². The lowest BCUT2D eigenvalue weighted by Gasteiger charge is -2.05. The summed E-state index contributed by atoms with van der Waals surface area (Å²) in [5.41, 5.74) is 3.11. The monoisotopic (exact) mass is 355 g/mol. The predicted octanol–water partition coefficient (Wildman–Crippen LogP) is 2.71. The number of carbonyl (C=O) groups excluding carboxylic acids is 1. The minimum absolute atomic E-state index is 0.217. The summed E-state index contributed by atoms with van der Waals surface area (Å²) in [4.78, 5) is 26.4. The molecule has 6 nitrogen and oxygen atoms in total. The molecule has 2 N–H and O–H groups in total. The SMILES string of the molecule is O=C(COc1cccc(Cl)c1)N/N=C/c1cc2ccccc2[nH]c1=O. The van der Waals surface area contributed by atoms with Gasteiger partial charge in [-0.3, -0.25) is 9.59 Å². The normalized spacial score (nSPS) is 10.9. The zero-order valence-corrected chi connectivity index (χ0v) is 13.8. The van der Waals surface area contributed by atoms with Crippen molar-refractivity contribution in [2.45, 2.75) is 0 Å². The molecule has 0 spiro atoms. The fourth-order valence-electron chi connectivity index (χ4n) is 2.17. The molecular weight excluding hydrogens is 342 g/mol. The Balaban J connectivity index is 1.60. The maximum atomic E-state index is 12.0. The summed E-state index contributed by atoms with van der Waals surface area (Å²) < 4.78 is 5.29. The van der Waals surface area contributed by atoms with Gasteiger partial charge in [-0.1, -0.05) is 35.9 Å². The van der Waals surface area contributed by atoms with E-state index in [2.05, 4.69) is 15.5 Å². The van der Waals surface area contributed by atoms with Crippen LogP contribution >= 0.6 is 11.6 Å². The Kier molecular flexibility index (Phi) is 5.11. The van der Waals surface area contributed by atoms with Gasteiger partial charge in [-0.2, -0.15) is 5.10 Å². The van der Waals surface area contributed by atoms with Crippen LogP contribution in [0.2, 0.25) is 5.02 Å². The molecule has 0 saturated heterocycles. The van der Waals surface area contributed by atoms with E-state index in [4.69, 9.17) is 16.3 Å². The molecule has 0 atom stereocenters. The average Bonchev–Trinajstić information content (AvgIpc) is 2.60. The first-order valence-corrected chi connectivity index (χ1v) is 7.82. The Morgan fingerprint density at radius 2 is 2.04 bits per heavy atom. The van der Waals surface area contributed by atoms with Crippen LogP contribution in [-0.4, -0.2) is 23.7 Å². The maximum absolute atomic E-state index is 12.0. The molecule has 1 heterocycles. The van der Waals surface area contributed by atoms with Crippen LogP contribution in [-0.2, 0) is 4.79 Å². The van der Waals surface area contributed by atoms with Crippen molar-refractivity contribution in [2.75, 3.05) is 6.61 Å². The third-order valence-electron chi connectivity index (χ3n) is 3.34. The number of hydrogen-bond donors (Lipinski definition) is 2. The zero-order chi connectivity index (χ0) is 17.6. The van der Waals surface area contributed by atoms with Gasteiger partial charge >= 0.3 is 0 Å². The third-order valence-corrected chi connectivity index (χ3v) is 3.58. The molecular formula is C18H14ClN3O3. The second kappa shape index (κ2) is 7.63. The number of benzene rings is 2. The molecule has 0 aliphatic carbocycles. The van der Waals surface area contributed by atoms with Crippen molar-refractivity contribution in [3.05, 3.63) is 75.5 Å². The van der Waals surface area contributed by atoms with Crippen LogP contribution in [0.25, 0.3) is 10.9 Å². The highest BCUT2D eigenvalue weighted by molar-refractivity contribution is 6.30. The van der Waals surface area contributed by atoms with E-state index in [1.807, 2.05) is 24.3 Å². The number of fused-ring (bicyclic) bond motifs is 1. The van der Waals surface area contributed by atoms with E-state index < -0.39 is 5.91 Å². The highest BCUT2D eigenvalue weighted by Gasteiger charge is 2.03. The fraction of sp³-hybridized carbons (Fsp3) is 0.0556. The number of halogens is 1. The number of pyridine rings is 1. The molecule has 126 valence electrons. The van der Waals surface area contributed by atoms with E-state index in [1.165, 1.54) is 6.21 Å². The molecule has 3 rings (SSSR count). The van der Waals surface area contributed by atoms with Gasteiger partial charge in [0.2, 0.25) is 0 Å². The molecule has 0 fully saturated rings. The van der Waals surface area contributed by atoms with E-state index in [1.54, 1.807) is 30.3 Å². The number of carbonyl (C=O) groups is 1. The van der Waals surface area contributed by atoms with Crippen LogP contribution < -0.4 is 15.7 Å². The number of para-hydroxylation sites is 1. The first-order valence-electron chi connectivity index (χ1n) is 7.44. The number of hydrazone groups is 1. The Labute approximate surface area is 148 Å². The molecule has 1 amide bonds. The number of nitrogens with one attached hydrogen (secondary N) is 2. The van der Waals surface area contributed by atoms with E-state index in [0.29, 0.717) is 16.3 Å². The minimum atomic E-state index is -0.451. The van der Waals surface area contributed by atoms with Crippen LogP contribution in [0.4, 0.5) is 0 Å². The number of ether oxygens (including phenoxy) is 1. The Morgan fingerprint density at radius 3 is 2.88 bits per heavy atom. The van der Waals surface area contributed by atoms with Crippen molar-refractivity contribution in [2.24, 2.45) is 5.10 Å². The molecule has 0 saturated carbocycles. The number of hydrogen-bond acceptors (Lipinski definition) is 4. The lowest BCUT2D eigenvalue weighted by Crippen LogP contribution is -2.25. The second-order valence-electron chi connectivity index (χ2n) is 5.18. The van der Waals surface area contributed by atoms with Gasteiger partial charge in [0.25, 0.3) is 11.5 Å². The number of aromatic nitrogens is 1. The smallest absolute Gasteiger partial charge is 0.277 e. The minimum Gasteiger partial charge on any atom is -0.484 e. The van der Waals surface area contributed by atoms with Crippen molar-refractivity contribution in [1.29, 1.82) is 0 Å². The molecule has 0 bridgehead atoms. The van der Waals surface area contributed by atoms with E-state index in [-0.39, 0.29) is 12.2 Å². The molecule has 25 heavy (non-hydrogen) atoms. The summed E-state index contributed by atoms with van der Waals surface area (Å²) in [6.45, 7) is -0.217. The summed E-state index contributed by atoms with van der Waals surface area (Å²) in [5, 5.41) is 5.18. The van der Waals surface area contributed by atoms with Gasteiger partial charge in [0.1, 0.15) is 5.75 Å². The summed E-state index contributed by atoms with van der Waals surface area (Å²) in [5.74, 6) is 0.0334. The molecule has 0 aliphatic heterocycles. The highest BCUT2D eigenvalue weighted by atomic mass is 35.5. The van der Waals surface area contributed by atoms with Crippen LogP contribution in [0.3, 0.4) is 0 Å². The lowest BCUT2D eigenvalue weighted by molar-refractivity contribution is -0.123. The molecule has 2 aromatic carbocycles. The standard InChI is InChI=1S/C18H14ClN3O3/c19-14-5-3-6-15(9-14)25-11-17(23)22-20-10-13-8-12-4-1-2-7-16(12)21-18(13)24/h1-10H,11H2,(H,21,24)(H,22,23)/b20-10+. The van der Waals surface area contributed by atoms with Gasteiger partial charge in [0.05, 0.1) is 11.8 Å². The van der Waals surface area contributed by atoms with Crippen molar-refractivity contribution in [3.8, 4) is 5.75 Å². The van der Waals surface area contributed by atoms with Gasteiger partial charge in [-0.25, -0.2) is 5.43 Å². The van der Waals surface area contributed by atoms with Gasteiger partial charge in [-0.15, -0.1) is 0 Å². The average molecular weight is 356 g/mol. The first kappa shape index (κ1) is 16.7. The fourth-order valence-corrected chi connectivity index (χ4v) is 2.35. The van der Waals surface area contributed by atoms with Crippen molar-refractivity contribution in [3.63, 3.8) is 0 Å². The van der Waals surface area contributed by atoms with Gasteiger partial charge in [0, 0.05) is 10.5 Å². The molecule has 7 heteroatoms. The third kappa shape index (κ3) is 4.45. The Hall–Kier alpha value is -3.12.